The number of hydrogen-bond acceptors (Lipinski definition) is 8. The molecule has 1 aromatic heterocycles. The second kappa shape index (κ2) is 13.2. The number of ether oxygens (including phenoxy) is 3. The van der Waals surface area contributed by atoms with Crippen LogP contribution < -0.4 is 25.4 Å². The number of primary amides is 1. The van der Waals surface area contributed by atoms with Crippen LogP contribution in [-0.4, -0.2) is 49.8 Å². The number of nitrogens with zero attached hydrogens (tertiary/aromatic N) is 1. The van der Waals surface area contributed by atoms with E-state index >= 15 is 0 Å². The lowest BCUT2D eigenvalue weighted by atomic mass is 9.90. The van der Waals surface area contributed by atoms with Crippen LogP contribution >= 0.6 is 0 Å². The van der Waals surface area contributed by atoms with E-state index < -0.39 is 23.0 Å². The molecule has 39 heavy (non-hydrogen) atoms. The van der Waals surface area contributed by atoms with Crippen LogP contribution in [-0.2, 0) is 17.8 Å². The molecule has 1 saturated heterocycles. The smallest absolute Gasteiger partial charge is 0.227 e. The van der Waals surface area contributed by atoms with Crippen LogP contribution in [0.4, 0.5) is 0 Å². The second-order valence-electron chi connectivity index (χ2n) is 9.67. The molecule has 1 aliphatic heterocycles. The van der Waals surface area contributed by atoms with Gasteiger partial charge < -0.3 is 29.5 Å². The van der Waals surface area contributed by atoms with Gasteiger partial charge in [0.15, 0.2) is 17.3 Å². The molecule has 3 N–H and O–H groups in total. The summed E-state index contributed by atoms with van der Waals surface area (Å²) < 4.78 is 23.1. The van der Waals surface area contributed by atoms with E-state index in [2.05, 4.69) is 4.90 Å². The highest BCUT2D eigenvalue weighted by atomic mass is 16.5. The Hall–Kier alpha value is -3.98. The predicted molar refractivity (Wildman–Crippen MR) is 147 cm³/mol. The number of carbonyl (C=O) groups is 1. The molecule has 0 radical (unpaired) electrons. The van der Waals surface area contributed by atoms with Gasteiger partial charge in [-0.1, -0.05) is 30.7 Å². The zero-order valence-electron chi connectivity index (χ0n) is 22.5. The van der Waals surface area contributed by atoms with Crippen LogP contribution in [0.5, 0.6) is 23.0 Å². The standard InChI is InChI=1S/C30H36N2O7/c1-36-21-11-9-20(10-12-21)13-16-38-29-23(7-6-8-26(29)37-2)24(18-27(31)34)30-28(35)25(33)17-22(39-30)19-32-14-4-3-5-15-32/h6-12,17,24,35H,3-5,13-16,18-19H2,1-2H3,(H2,31,34). The van der Waals surface area contributed by atoms with Crippen molar-refractivity contribution in [3.63, 3.8) is 0 Å². The van der Waals surface area contributed by atoms with Crippen LogP contribution in [0.1, 0.15) is 54.2 Å². The number of piperidine rings is 1. The molecule has 2 heterocycles. The van der Waals surface area contributed by atoms with Crippen molar-refractivity contribution in [2.75, 3.05) is 33.9 Å². The van der Waals surface area contributed by atoms with Gasteiger partial charge in [0, 0.05) is 24.5 Å². The van der Waals surface area contributed by atoms with E-state index in [0.29, 0.717) is 42.4 Å². The molecule has 208 valence electrons. The summed E-state index contributed by atoms with van der Waals surface area (Å²) in [5.74, 6) is 0.000352. The fraction of sp³-hybridized carbons (Fsp3) is 0.400. The van der Waals surface area contributed by atoms with Crippen molar-refractivity contribution in [1.82, 2.24) is 4.90 Å². The van der Waals surface area contributed by atoms with Crippen molar-refractivity contribution in [2.24, 2.45) is 5.73 Å². The van der Waals surface area contributed by atoms with Gasteiger partial charge in [-0.3, -0.25) is 14.5 Å². The highest BCUT2D eigenvalue weighted by molar-refractivity contribution is 5.76. The van der Waals surface area contributed by atoms with Crippen LogP contribution in [0.3, 0.4) is 0 Å². The van der Waals surface area contributed by atoms with Crippen LogP contribution in [0.25, 0.3) is 0 Å². The van der Waals surface area contributed by atoms with E-state index in [1.807, 2.05) is 24.3 Å². The normalized spacial score (nSPS) is 14.5. The first-order chi connectivity index (χ1) is 18.9. The number of amides is 1. The van der Waals surface area contributed by atoms with Gasteiger partial charge in [0.1, 0.15) is 11.5 Å². The number of para-hydroxylation sites is 1. The lowest BCUT2D eigenvalue weighted by Crippen LogP contribution is -2.29. The third-order valence-electron chi connectivity index (χ3n) is 6.95. The summed E-state index contributed by atoms with van der Waals surface area (Å²) in [6.07, 6.45) is 3.75. The number of nitrogens with two attached hydrogens (primary N) is 1. The molecule has 0 spiro atoms. The van der Waals surface area contributed by atoms with E-state index in [1.54, 1.807) is 25.3 Å². The summed E-state index contributed by atoms with van der Waals surface area (Å²) in [6.45, 7) is 2.57. The Morgan fingerprint density at radius 2 is 1.82 bits per heavy atom. The summed E-state index contributed by atoms with van der Waals surface area (Å²) >= 11 is 0. The average Bonchev–Trinajstić information content (AvgIpc) is 2.94. The Morgan fingerprint density at radius 3 is 2.49 bits per heavy atom. The van der Waals surface area contributed by atoms with Crippen molar-refractivity contribution >= 4 is 5.91 Å². The summed E-state index contributed by atoms with van der Waals surface area (Å²) in [7, 11) is 3.14. The Bertz CT molecular complexity index is 1310. The molecule has 0 bridgehead atoms. The number of rotatable bonds is 12. The highest BCUT2D eigenvalue weighted by Gasteiger charge is 2.29. The fourth-order valence-corrected chi connectivity index (χ4v) is 4.94. The van der Waals surface area contributed by atoms with Crippen molar-refractivity contribution in [1.29, 1.82) is 0 Å². The molecule has 1 fully saturated rings. The van der Waals surface area contributed by atoms with E-state index in [-0.39, 0.29) is 12.2 Å². The number of aromatic hydroxyl groups is 1. The first-order valence-corrected chi connectivity index (χ1v) is 13.2. The molecule has 9 heteroatoms. The van der Waals surface area contributed by atoms with Crippen molar-refractivity contribution in [3.05, 3.63) is 81.4 Å². The second-order valence-corrected chi connectivity index (χ2v) is 9.67. The third-order valence-corrected chi connectivity index (χ3v) is 6.95. The van der Waals surface area contributed by atoms with Gasteiger partial charge in [0.2, 0.25) is 17.1 Å². The summed E-state index contributed by atoms with van der Waals surface area (Å²) in [6, 6.07) is 14.3. The summed E-state index contributed by atoms with van der Waals surface area (Å²) in [5.41, 5.74) is 6.64. The van der Waals surface area contributed by atoms with Crippen molar-refractivity contribution < 1.29 is 28.5 Å². The number of methoxy groups -OCH3 is 2. The quantitative estimate of drug-likeness (QED) is 0.356. The minimum Gasteiger partial charge on any atom is -0.502 e. The topological polar surface area (TPSA) is 124 Å². The predicted octanol–water partition coefficient (Wildman–Crippen LogP) is 3.98. The summed E-state index contributed by atoms with van der Waals surface area (Å²) in [4.78, 5) is 27.2. The van der Waals surface area contributed by atoms with E-state index in [1.165, 1.54) is 19.6 Å². The maximum atomic E-state index is 12.8. The first-order valence-electron chi connectivity index (χ1n) is 13.2. The lowest BCUT2D eigenvalue weighted by molar-refractivity contribution is -0.118. The zero-order chi connectivity index (χ0) is 27.8. The Balaban J connectivity index is 1.67. The molecule has 1 amide bonds. The lowest BCUT2D eigenvalue weighted by Gasteiger charge is -2.26. The Kier molecular flexibility index (Phi) is 9.49. The molecule has 1 atom stereocenters. The summed E-state index contributed by atoms with van der Waals surface area (Å²) in [5, 5.41) is 10.8. The van der Waals surface area contributed by atoms with Gasteiger partial charge in [-0.2, -0.15) is 0 Å². The number of likely N-dealkylation sites (tertiary alicyclic amines) is 1. The third kappa shape index (κ3) is 7.11. The van der Waals surface area contributed by atoms with Crippen molar-refractivity contribution in [2.45, 2.75) is 44.6 Å². The van der Waals surface area contributed by atoms with Gasteiger partial charge in [-0.15, -0.1) is 0 Å². The van der Waals surface area contributed by atoms with Crippen LogP contribution in [0, 0.1) is 0 Å². The largest absolute Gasteiger partial charge is 0.502 e. The maximum Gasteiger partial charge on any atom is 0.227 e. The molecule has 4 rings (SSSR count). The SMILES string of the molecule is COc1ccc(CCOc2c(OC)cccc2C(CC(N)=O)c2oc(CN3CCCCC3)cc(=O)c2O)cc1. The molecule has 0 aliphatic carbocycles. The first kappa shape index (κ1) is 28.0. The van der Waals surface area contributed by atoms with Crippen molar-refractivity contribution in [3.8, 4) is 23.0 Å². The Morgan fingerprint density at radius 1 is 1.08 bits per heavy atom. The monoisotopic (exact) mass is 536 g/mol. The minimum absolute atomic E-state index is 0.0124. The molecular weight excluding hydrogens is 500 g/mol. The minimum atomic E-state index is -0.859. The van der Waals surface area contributed by atoms with Gasteiger partial charge in [0.25, 0.3) is 0 Å². The molecule has 1 unspecified atom stereocenters. The number of hydrogen-bond donors (Lipinski definition) is 2. The van der Waals surface area contributed by atoms with Crippen LogP contribution in [0.2, 0.25) is 0 Å². The molecule has 9 nitrogen and oxygen atoms in total. The molecule has 2 aromatic carbocycles. The van der Waals surface area contributed by atoms with Gasteiger partial charge in [0.05, 0.1) is 33.3 Å². The Labute approximate surface area is 228 Å². The number of benzene rings is 2. The van der Waals surface area contributed by atoms with Gasteiger partial charge >= 0.3 is 0 Å². The van der Waals surface area contributed by atoms with Crippen LogP contribution in [0.15, 0.2) is 57.7 Å². The highest BCUT2D eigenvalue weighted by Crippen LogP contribution is 2.42. The van der Waals surface area contributed by atoms with E-state index in [4.69, 9.17) is 24.4 Å². The molecule has 1 aliphatic rings. The van der Waals surface area contributed by atoms with E-state index in [9.17, 15) is 14.7 Å². The maximum absolute atomic E-state index is 12.8. The fourth-order valence-electron chi connectivity index (χ4n) is 4.94. The molecule has 0 saturated carbocycles. The average molecular weight is 537 g/mol. The molecule has 3 aromatic rings. The zero-order valence-corrected chi connectivity index (χ0v) is 22.5. The van der Waals surface area contributed by atoms with E-state index in [0.717, 1.165) is 37.2 Å². The van der Waals surface area contributed by atoms with Gasteiger partial charge in [-0.25, -0.2) is 0 Å². The number of carbonyl (C=O) groups excluding carboxylic acids is 1. The van der Waals surface area contributed by atoms with Gasteiger partial charge in [-0.05, 0) is 49.7 Å². The molecular formula is C30H36N2O7.